The Labute approximate surface area is 122 Å². The van der Waals surface area contributed by atoms with E-state index in [0.29, 0.717) is 27.7 Å². The average molecular weight is 294 g/mol. The largest absolute Gasteiger partial charge is 0.396 e. The maximum Gasteiger partial charge on any atom is 0.167 e. The lowest BCUT2D eigenvalue weighted by Gasteiger charge is -2.07. The molecule has 2 aromatic rings. The van der Waals surface area contributed by atoms with E-state index in [2.05, 4.69) is 0 Å². The van der Waals surface area contributed by atoms with E-state index in [1.54, 1.807) is 12.1 Å². The number of hydrogen-bond acceptors (Lipinski definition) is 2. The molecule has 0 spiro atoms. The van der Waals surface area contributed by atoms with Gasteiger partial charge in [0.15, 0.2) is 5.78 Å². The average Bonchev–Trinajstić information content (AvgIpc) is 2.38. The Kier molecular flexibility index (Phi) is 4.13. The number of nitrogen functional groups attached to an aromatic ring is 1. The SMILES string of the molecule is Cc1ccccc1CC(=O)c1cc(Cl)c(N)c(Cl)c1. The first kappa shape index (κ1) is 13.9. The zero-order valence-electron chi connectivity index (χ0n) is 10.4. The number of benzene rings is 2. The molecule has 0 amide bonds. The molecule has 2 rings (SSSR count). The molecule has 4 heteroatoms. The normalized spacial score (nSPS) is 10.5. The maximum atomic E-state index is 12.2. The fourth-order valence-electron chi connectivity index (χ4n) is 1.83. The van der Waals surface area contributed by atoms with Crippen LogP contribution in [0.4, 0.5) is 5.69 Å². The summed E-state index contributed by atoms with van der Waals surface area (Å²) in [4.78, 5) is 12.2. The lowest BCUT2D eigenvalue weighted by Crippen LogP contribution is -2.05. The lowest BCUT2D eigenvalue weighted by molar-refractivity contribution is 0.0993. The van der Waals surface area contributed by atoms with Gasteiger partial charge in [0.1, 0.15) is 0 Å². The molecule has 0 radical (unpaired) electrons. The molecule has 0 aliphatic carbocycles. The smallest absolute Gasteiger partial charge is 0.167 e. The van der Waals surface area contributed by atoms with E-state index >= 15 is 0 Å². The third-order valence-electron chi connectivity index (χ3n) is 3.01. The van der Waals surface area contributed by atoms with Crippen LogP contribution in [0.25, 0.3) is 0 Å². The van der Waals surface area contributed by atoms with Gasteiger partial charge in [-0.25, -0.2) is 0 Å². The molecule has 2 aromatic carbocycles. The van der Waals surface area contributed by atoms with E-state index in [0.717, 1.165) is 11.1 Å². The van der Waals surface area contributed by atoms with Crippen molar-refractivity contribution < 1.29 is 4.79 Å². The molecule has 0 fully saturated rings. The molecule has 98 valence electrons. The number of halogens is 2. The topological polar surface area (TPSA) is 43.1 Å². The second kappa shape index (κ2) is 5.64. The number of aryl methyl sites for hydroxylation is 1. The summed E-state index contributed by atoms with van der Waals surface area (Å²) in [6.45, 7) is 1.98. The van der Waals surface area contributed by atoms with Crippen molar-refractivity contribution in [3.8, 4) is 0 Å². The van der Waals surface area contributed by atoms with Gasteiger partial charge in [0.2, 0.25) is 0 Å². The van der Waals surface area contributed by atoms with Crippen molar-refractivity contribution in [2.24, 2.45) is 0 Å². The number of Topliss-reactive ketones (excluding diaryl/α,β-unsaturated/α-hetero) is 1. The maximum absolute atomic E-state index is 12.2. The van der Waals surface area contributed by atoms with Crippen molar-refractivity contribution in [3.63, 3.8) is 0 Å². The van der Waals surface area contributed by atoms with Crippen molar-refractivity contribution >= 4 is 34.7 Å². The second-order valence-corrected chi connectivity index (χ2v) is 5.19. The van der Waals surface area contributed by atoms with E-state index in [1.165, 1.54) is 0 Å². The van der Waals surface area contributed by atoms with Gasteiger partial charge in [0.05, 0.1) is 15.7 Å². The summed E-state index contributed by atoms with van der Waals surface area (Å²) in [5, 5.41) is 0.612. The van der Waals surface area contributed by atoms with Crippen LogP contribution in [0.2, 0.25) is 10.0 Å². The predicted octanol–water partition coefficient (Wildman–Crippen LogP) is 4.31. The number of carbonyl (C=O) groups is 1. The van der Waals surface area contributed by atoms with Gasteiger partial charge in [-0.2, -0.15) is 0 Å². The molecule has 0 saturated heterocycles. The van der Waals surface area contributed by atoms with Crippen LogP contribution in [-0.4, -0.2) is 5.78 Å². The molecule has 0 aromatic heterocycles. The van der Waals surface area contributed by atoms with Crippen LogP contribution >= 0.6 is 23.2 Å². The van der Waals surface area contributed by atoms with E-state index in [1.807, 2.05) is 31.2 Å². The van der Waals surface area contributed by atoms with E-state index in [4.69, 9.17) is 28.9 Å². The van der Waals surface area contributed by atoms with Crippen molar-refractivity contribution in [2.45, 2.75) is 13.3 Å². The van der Waals surface area contributed by atoms with Gasteiger partial charge >= 0.3 is 0 Å². The Morgan fingerprint density at radius 2 is 1.74 bits per heavy atom. The van der Waals surface area contributed by atoms with Crippen molar-refractivity contribution in [3.05, 3.63) is 63.1 Å². The Morgan fingerprint density at radius 3 is 2.32 bits per heavy atom. The van der Waals surface area contributed by atoms with Crippen LogP contribution in [-0.2, 0) is 6.42 Å². The van der Waals surface area contributed by atoms with E-state index in [9.17, 15) is 4.79 Å². The summed E-state index contributed by atoms with van der Waals surface area (Å²) >= 11 is 11.9. The molecule has 0 unspecified atom stereocenters. The van der Waals surface area contributed by atoms with E-state index < -0.39 is 0 Å². The molecule has 0 bridgehead atoms. The van der Waals surface area contributed by atoms with Gasteiger partial charge in [0, 0.05) is 12.0 Å². The fourth-order valence-corrected chi connectivity index (χ4v) is 2.32. The highest BCUT2D eigenvalue weighted by molar-refractivity contribution is 6.39. The minimum Gasteiger partial charge on any atom is -0.396 e. The van der Waals surface area contributed by atoms with Crippen LogP contribution in [0.3, 0.4) is 0 Å². The van der Waals surface area contributed by atoms with Crippen molar-refractivity contribution in [1.82, 2.24) is 0 Å². The van der Waals surface area contributed by atoms with Crippen molar-refractivity contribution in [2.75, 3.05) is 5.73 Å². The predicted molar refractivity (Wildman–Crippen MR) is 80.1 cm³/mol. The highest BCUT2D eigenvalue weighted by Gasteiger charge is 2.12. The highest BCUT2D eigenvalue weighted by atomic mass is 35.5. The minimum absolute atomic E-state index is 0.0295. The van der Waals surface area contributed by atoms with Gasteiger partial charge in [-0.1, -0.05) is 47.5 Å². The zero-order chi connectivity index (χ0) is 14.0. The third kappa shape index (κ3) is 3.09. The molecule has 0 aliphatic rings. The summed E-state index contributed by atoms with van der Waals surface area (Å²) in [6.07, 6.45) is 0.323. The van der Waals surface area contributed by atoms with Crippen LogP contribution in [0.1, 0.15) is 21.5 Å². The molecule has 2 nitrogen and oxygen atoms in total. The second-order valence-electron chi connectivity index (χ2n) is 4.38. The molecule has 19 heavy (non-hydrogen) atoms. The number of ketones is 1. The first-order chi connectivity index (χ1) is 8.99. The van der Waals surface area contributed by atoms with Gasteiger partial charge in [-0.15, -0.1) is 0 Å². The highest BCUT2D eigenvalue weighted by Crippen LogP contribution is 2.29. The number of carbonyl (C=O) groups excluding carboxylic acids is 1. The summed E-state index contributed by atoms with van der Waals surface area (Å²) in [6, 6.07) is 10.9. The standard InChI is InChI=1S/C15H13Cl2NO/c1-9-4-2-3-5-10(9)8-14(19)11-6-12(16)15(18)13(17)7-11/h2-7H,8,18H2,1H3. The number of rotatable bonds is 3. The van der Waals surface area contributed by atoms with Crippen LogP contribution in [0.15, 0.2) is 36.4 Å². The fraction of sp³-hybridized carbons (Fsp3) is 0.133. The van der Waals surface area contributed by atoms with Gasteiger partial charge in [-0.3, -0.25) is 4.79 Å². The third-order valence-corrected chi connectivity index (χ3v) is 3.64. The monoisotopic (exact) mass is 293 g/mol. The number of hydrogen-bond donors (Lipinski definition) is 1. The Bertz CT molecular complexity index is 615. The Morgan fingerprint density at radius 1 is 1.16 bits per heavy atom. The number of nitrogens with two attached hydrogens (primary N) is 1. The Hall–Kier alpha value is -1.51. The van der Waals surface area contributed by atoms with Gasteiger partial charge < -0.3 is 5.73 Å². The van der Waals surface area contributed by atoms with Crippen LogP contribution < -0.4 is 5.73 Å². The first-order valence-electron chi connectivity index (χ1n) is 5.81. The zero-order valence-corrected chi connectivity index (χ0v) is 11.9. The molecule has 0 saturated carbocycles. The molecular formula is C15H13Cl2NO. The Balaban J connectivity index is 2.28. The summed E-state index contributed by atoms with van der Waals surface area (Å²) in [7, 11) is 0. The number of anilines is 1. The quantitative estimate of drug-likeness (QED) is 0.677. The van der Waals surface area contributed by atoms with E-state index in [-0.39, 0.29) is 5.78 Å². The molecule has 0 atom stereocenters. The van der Waals surface area contributed by atoms with Gasteiger partial charge in [0.25, 0.3) is 0 Å². The molecule has 0 aliphatic heterocycles. The van der Waals surface area contributed by atoms with Gasteiger partial charge in [-0.05, 0) is 30.2 Å². The molecule has 0 heterocycles. The molecular weight excluding hydrogens is 281 g/mol. The van der Waals surface area contributed by atoms with Crippen LogP contribution in [0.5, 0.6) is 0 Å². The first-order valence-corrected chi connectivity index (χ1v) is 6.57. The minimum atomic E-state index is -0.0295. The summed E-state index contributed by atoms with van der Waals surface area (Å²) < 4.78 is 0. The van der Waals surface area contributed by atoms with Crippen LogP contribution in [0, 0.1) is 6.92 Å². The lowest BCUT2D eigenvalue weighted by atomic mass is 9.99. The van der Waals surface area contributed by atoms with Crippen molar-refractivity contribution in [1.29, 1.82) is 0 Å². The summed E-state index contributed by atoms with van der Waals surface area (Å²) in [5.41, 5.74) is 8.52. The molecule has 2 N–H and O–H groups in total. The summed E-state index contributed by atoms with van der Waals surface area (Å²) in [5.74, 6) is -0.0295.